The van der Waals surface area contributed by atoms with Gasteiger partial charge < -0.3 is 0 Å². The normalized spacial score (nSPS) is 11.0. The number of hydrogen-bond acceptors (Lipinski definition) is 5. The molecule has 27 heavy (non-hydrogen) atoms. The van der Waals surface area contributed by atoms with Crippen molar-refractivity contribution in [3.05, 3.63) is 59.8 Å². The molecule has 0 aliphatic carbocycles. The third kappa shape index (κ3) is 3.59. The minimum atomic E-state index is -3.31. The van der Waals surface area contributed by atoms with Gasteiger partial charge in [-0.25, -0.2) is 13.1 Å². The summed E-state index contributed by atoms with van der Waals surface area (Å²) in [4.78, 5) is 0.208. The molecule has 0 bridgehead atoms. The van der Waals surface area contributed by atoms with Gasteiger partial charge in [-0.05, 0) is 24.6 Å². The van der Waals surface area contributed by atoms with Crippen molar-refractivity contribution >= 4 is 9.84 Å². The van der Waals surface area contributed by atoms with Crippen LogP contribution in [0.25, 0.3) is 22.4 Å². The highest BCUT2D eigenvalue weighted by molar-refractivity contribution is 7.90. The third-order valence-corrected chi connectivity index (χ3v) is 5.30. The number of benzene rings is 2. The van der Waals surface area contributed by atoms with Crippen LogP contribution in [0.5, 0.6) is 0 Å². The molecule has 0 atom stereocenters. The Bertz CT molecular complexity index is 1180. The van der Waals surface area contributed by atoms with Crippen LogP contribution in [0.1, 0.15) is 11.3 Å². The number of nitrogens with zero attached hydrogens (tertiary/aromatic N) is 4. The van der Waals surface area contributed by atoms with Gasteiger partial charge in [0.25, 0.3) is 0 Å². The summed E-state index contributed by atoms with van der Waals surface area (Å²) >= 11 is 0. The third-order valence-electron chi connectivity index (χ3n) is 4.17. The Morgan fingerprint density at radius 2 is 1.59 bits per heavy atom. The Balaban J connectivity index is 2.24. The van der Waals surface area contributed by atoms with E-state index < -0.39 is 9.84 Å². The minimum Gasteiger partial charge on any atom is -0.239 e. The molecular formula is C20H16N4O2S. The summed E-state index contributed by atoms with van der Waals surface area (Å²) in [5.74, 6) is 0. The number of aromatic nitrogens is 2. The van der Waals surface area contributed by atoms with Crippen molar-refractivity contribution in [2.24, 2.45) is 0 Å². The molecule has 6 nitrogen and oxygen atoms in total. The molecule has 2 aromatic carbocycles. The van der Waals surface area contributed by atoms with Gasteiger partial charge in [-0.15, -0.1) is 0 Å². The number of aryl methyl sites for hydroxylation is 1. The molecule has 3 rings (SSSR count). The van der Waals surface area contributed by atoms with Crippen molar-refractivity contribution < 1.29 is 8.42 Å². The number of hydrogen-bond donors (Lipinski definition) is 0. The van der Waals surface area contributed by atoms with Crippen molar-refractivity contribution in [2.45, 2.75) is 18.4 Å². The maximum atomic E-state index is 11.7. The Morgan fingerprint density at radius 3 is 2.11 bits per heavy atom. The fourth-order valence-corrected chi connectivity index (χ4v) is 3.44. The van der Waals surface area contributed by atoms with Crippen LogP contribution in [0.2, 0.25) is 0 Å². The molecule has 7 heteroatoms. The minimum absolute atomic E-state index is 0.0524. The monoisotopic (exact) mass is 376 g/mol. The molecule has 3 aromatic rings. The lowest BCUT2D eigenvalue weighted by Gasteiger charge is -2.05. The van der Waals surface area contributed by atoms with E-state index >= 15 is 0 Å². The summed E-state index contributed by atoms with van der Waals surface area (Å²) in [7, 11) is -3.31. The van der Waals surface area contributed by atoms with E-state index in [-0.39, 0.29) is 11.4 Å². The Hall–Kier alpha value is -3.42. The van der Waals surface area contributed by atoms with Gasteiger partial charge in [0.2, 0.25) is 0 Å². The molecule has 0 spiro atoms. The fraction of sp³-hybridized carbons (Fsp3) is 0.150. The van der Waals surface area contributed by atoms with E-state index in [1.807, 2.05) is 37.3 Å². The van der Waals surface area contributed by atoms with Crippen LogP contribution < -0.4 is 0 Å². The molecule has 0 amide bonds. The highest BCUT2D eigenvalue weighted by Crippen LogP contribution is 2.35. The molecule has 0 N–H and O–H groups in total. The van der Waals surface area contributed by atoms with Crippen LogP contribution in [0.3, 0.4) is 0 Å². The molecular weight excluding hydrogens is 360 g/mol. The zero-order chi connectivity index (χ0) is 19.6. The van der Waals surface area contributed by atoms with E-state index in [4.69, 9.17) is 5.26 Å². The molecule has 0 saturated carbocycles. The summed E-state index contributed by atoms with van der Waals surface area (Å²) in [6.45, 7) is 1.92. The molecule has 0 saturated heterocycles. The highest BCUT2D eigenvalue weighted by atomic mass is 32.2. The SMILES string of the molecule is Cc1ccc(-c2c(-c3ccc(S(C)(=O)=O)cc3)nn(CC#N)c2C#N)cc1. The van der Waals surface area contributed by atoms with E-state index in [0.717, 1.165) is 17.4 Å². The van der Waals surface area contributed by atoms with Crippen molar-refractivity contribution in [2.75, 3.05) is 6.26 Å². The predicted molar refractivity (Wildman–Crippen MR) is 101 cm³/mol. The van der Waals surface area contributed by atoms with E-state index in [1.54, 1.807) is 12.1 Å². The zero-order valence-electron chi connectivity index (χ0n) is 14.8. The molecule has 0 radical (unpaired) electrons. The van der Waals surface area contributed by atoms with Crippen LogP contribution in [0.4, 0.5) is 0 Å². The quantitative estimate of drug-likeness (QED) is 0.695. The van der Waals surface area contributed by atoms with Crippen molar-refractivity contribution in [3.63, 3.8) is 0 Å². The van der Waals surface area contributed by atoms with E-state index in [9.17, 15) is 13.7 Å². The van der Waals surface area contributed by atoms with Crippen LogP contribution >= 0.6 is 0 Å². The first-order chi connectivity index (χ1) is 12.8. The predicted octanol–water partition coefficient (Wildman–Crippen LogP) is 3.32. The smallest absolute Gasteiger partial charge is 0.175 e. The van der Waals surface area contributed by atoms with Gasteiger partial charge in [0.1, 0.15) is 24.0 Å². The summed E-state index contributed by atoms with van der Waals surface area (Å²) < 4.78 is 24.8. The molecule has 0 fully saturated rings. The summed E-state index contributed by atoms with van der Waals surface area (Å²) in [5.41, 5.74) is 4.02. The standard InChI is InChI=1S/C20H16N4O2S/c1-14-3-5-15(6-4-14)19-18(13-22)24(12-11-21)23-20(19)16-7-9-17(10-8-16)27(2,25)26/h3-10H,12H2,1-2H3. The molecule has 134 valence electrons. The van der Waals surface area contributed by atoms with Gasteiger partial charge in [-0.1, -0.05) is 42.0 Å². The lowest BCUT2D eigenvalue weighted by Crippen LogP contribution is -2.01. The molecule has 0 aliphatic rings. The van der Waals surface area contributed by atoms with Crippen molar-refractivity contribution in [1.29, 1.82) is 10.5 Å². The molecule has 1 aromatic heterocycles. The second-order valence-electron chi connectivity index (χ2n) is 6.16. The maximum Gasteiger partial charge on any atom is 0.175 e. The van der Waals surface area contributed by atoms with Crippen LogP contribution in [0.15, 0.2) is 53.4 Å². The lowest BCUT2D eigenvalue weighted by molar-refractivity contribution is 0.602. The first kappa shape index (κ1) is 18.4. The largest absolute Gasteiger partial charge is 0.239 e. The van der Waals surface area contributed by atoms with Gasteiger partial charge in [-0.3, -0.25) is 0 Å². The molecule has 0 unspecified atom stereocenters. The van der Waals surface area contributed by atoms with Gasteiger partial charge in [0.05, 0.1) is 11.0 Å². The van der Waals surface area contributed by atoms with Gasteiger partial charge >= 0.3 is 0 Å². The van der Waals surface area contributed by atoms with Gasteiger partial charge in [0, 0.05) is 17.4 Å². The number of nitriles is 2. The number of rotatable bonds is 4. The highest BCUT2D eigenvalue weighted by Gasteiger charge is 2.21. The first-order valence-corrected chi connectivity index (χ1v) is 9.99. The van der Waals surface area contributed by atoms with Crippen LogP contribution in [-0.4, -0.2) is 24.5 Å². The van der Waals surface area contributed by atoms with E-state index in [1.165, 1.54) is 16.8 Å². The summed E-state index contributed by atoms with van der Waals surface area (Å²) in [6, 6.07) is 18.2. The second-order valence-corrected chi connectivity index (χ2v) is 8.18. The lowest BCUT2D eigenvalue weighted by atomic mass is 9.98. The molecule has 1 heterocycles. The van der Waals surface area contributed by atoms with Crippen molar-refractivity contribution in [3.8, 4) is 34.5 Å². The van der Waals surface area contributed by atoms with Gasteiger partial charge in [0.15, 0.2) is 9.84 Å². The van der Waals surface area contributed by atoms with E-state index in [2.05, 4.69) is 11.2 Å². The fourth-order valence-electron chi connectivity index (χ4n) is 2.81. The molecule has 0 aliphatic heterocycles. The van der Waals surface area contributed by atoms with Gasteiger partial charge in [-0.2, -0.15) is 15.6 Å². The maximum absolute atomic E-state index is 11.7. The zero-order valence-corrected chi connectivity index (χ0v) is 15.7. The Labute approximate surface area is 157 Å². The topological polar surface area (TPSA) is 99.5 Å². The average molecular weight is 376 g/mol. The summed E-state index contributed by atoms with van der Waals surface area (Å²) in [5, 5.41) is 23.2. The summed E-state index contributed by atoms with van der Waals surface area (Å²) in [6.07, 6.45) is 1.15. The first-order valence-electron chi connectivity index (χ1n) is 8.10. The Morgan fingerprint density at radius 1 is 1.00 bits per heavy atom. The Kier molecular flexibility index (Phi) is 4.81. The van der Waals surface area contributed by atoms with Crippen LogP contribution in [-0.2, 0) is 16.4 Å². The van der Waals surface area contributed by atoms with Crippen molar-refractivity contribution in [1.82, 2.24) is 9.78 Å². The second kappa shape index (κ2) is 7.06. The van der Waals surface area contributed by atoms with E-state index in [0.29, 0.717) is 22.5 Å². The van der Waals surface area contributed by atoms with Crippen LogP contribution in [0, 0.1) is 29.6 Å². The average Bonchev–Trinajstić information content (AvgIpc) is 3.00. The number of sulfone groups is 1.